The highest BCUT2D eigenvalue weighted by atomic mass is 35.5. The van der Waals surface area contributed by atoms with Crippen molar-refractivity contribution < 1.29 is 31.4 Å². The monoisotopic (exact) mass is 313 g/mol. The minimum atomic E-state index is -0.0865. The summed E-state index contributed by atoms with van der Waals surface area (Å²) >= 11 is 0. The first-order valence-electron chi connectivity index (χ1n) is 6.81. The molecule has 1 aromatic rings. The molecular weight excluding hydrogens is 296 g/mol. The van der Waals surface area contributed by atoms with Crippen LogP contribution >= 0.6 is 0 Å². The molecule has 0 radical (unpaired) electrons. The van der Waals surface area contributed by atoms with Crippen LogP contribution in [0.25, 0.3) is 0 Å². The molecule has 0 saturated carbocycles. The summed E-state index contributed by atoms with van der Waals surface area (Å²) in [6.07, 6.45) is 0. The van der Waals surface area contributed by atoms with Crippen LogP contribution in [0.1, 0.15) is 10.4 Å². The molecule has 0 bridgehead atoms. The fourth-order valence-electron chi connectivity index (χ4n) is 2.29. The molecule has 0 aromatic heterocycles. The van der Waals surface area contributed by atoms with E-state index in [0.29, 0.717) is 23.6 Å². The van der Waals surface area contributed by atoms with E-state index in [1.165, 1.54) is 0 Å². The number of hydrogen-bond acceptors (Lipinski definition) is 5. The number of rotatable bonds is 4. The van der Waals surface area contributed by atoms with Gasteiger partial charge in [-0.2, -0.15) is 0 Å². The third kappa shape index (κ3) is 4.00. The highest BCUT2D eigenvalue weighted by molar-refractivity contribution is 5.94. The zero-order valence-corrected chi connectivity index (χ0v) is 12.4. The quantitative estimate of drug-likeness (QED) is 0.665. The SMILES string of the molecule is O=C(NCCN1CCOCC1)c1ccc2c(c1)OCO2.[Cl-]. The fraction of sp³-hybridized carbons (Fsp3) is 0.500. The van der Waals surface area contributed by atoms with Crippen LogP contribution in [0.3, 0.4) is 0 Å². The topological polar surface area (TPSA) is 60.0 Å². The summed E-state index contributed by atoms with van der Waals surface area (Å²) in [6.45, 7) is 5.11. The number of carbonyl (C=O) groups is 1. The molecule has 0 spiro atoms. The lowest BCUT2D eigenvalue weighted by molar-refractivity contribution is -0.0000162. The van der Waals surface area contributed by atoms with Crippen molar-refractivity contribution in [3.05, 3.63) is 23.8 Å². The number of nitrogens with one attached hydrogen (secondary N) is 1. The van der Waals surface area contributed by atoms with Crippen LogP contribution < -0.4 is 27.2 Å². The van der Waals surface area contributed by atoms with Gasteiger partial charge in [0.15, 0.2) is 11.5 Å². The van der Waals surface area contributed by atoms with E-state index in [1.807, 2.05) is 0 Å². The van der Waals surface area contributed by atoms with Crippen molar-refractivity contribution >= 4 is 5.91 Å². The van der Waals surface area contributed by atoms with Crippen LogP contribution in [0.5, 0.6) is 11.5 Å². The predicted molar refractivity (Wildman–Crippen MR) is 72.2 cm³/mol. The molecule has 0 atom stereocenters. The number of hydrogen-bond donors (Lipinski definition) is 1. The van der Waals surface area contributed by atoms with Crippen molar-refractivity contribution in [1.29, 1.82) is 0 Å². The summed E-state index contributed by atoms with van der Waals surface area (Å²) in [5, 5.41) is 2.92. The van der Waals surface area contributed by atoms with Crippen molar-refractivity contribution in [3.8, 4) is 11.5 Å². The molecule has 1 fully saturated rings. The van der Waals surface area contributed by atoms with E-state index >= 15 is 0 Å². The van der Waals surface area contributed by atoms with E-state index in [4.69, 9.17) is 14.2 Å². The summed E-state index contributed by atoms with van der Waals surface area (Å²) in [6, 6.07) is 5.23. The molecule has 116 valence electrons. The van der Waals surface area contributed by atoms with Crippen molar-refractivity contribution in [2.24, 2.45) is 0 Å². The molecule has 2 heterocycles. The lowest BCUT2D eigenvalue weighted by Crippen LogP contribution is -3.00. The van der Waals surface area contributed by atoms with Crippen molar-refractivity contribution in [1.82, 2.24) is 10.2 Å². The standard InChI is InChI=1S/C14H18N2O4.ClH/c17-14(15-3-4-16-5-7-18-8-6-16)11-1-2-12-13(9-11)20-10-19-12;/h1-2,9H,3-8,10H2,(H,15,17);1H/p-1. The Morgan fingerprint density at radius 3 is 2.76 bits per heavy atom. The molecule has 1 amide bonds. The van der Waals surface area contributed by atoms with Crippen LogP contribution in [-0.4, -0.2) is 57.0 Å². The van der Waals surface area contributed by atoms with Gasteiger partial charge in [-0.1, -0.05) is 0 Å². The first-order chi connectivity index (χ1) is 9.83. The van der Waals surface area contributed by atoms with Gasteiger partial charge in [0.05, 0.1) is 13.2 Å². The second-order valence-corrected chi connectivity index (χ2v) is 4.78. The number of nitrogens with zero attached hydrogens (tertiary/aromatic N) is 1. The summed E-state index contributed by atoms with van der Waals surface area (Å²) in [5.74, 6) is 1.23. The Balaban J connectivity index is 0.00000161. The van der Waals surface area contributed by atoms with Crippen molar-refractivity contribution in [3.63, 3.8) is 0 Å². The van der Waals surface area contributed by atoms with Gasteiger partial charge in [0.2, 0.25) is 6.79 Å². The van der Waals surface area contributed by atoms with Crippen LogP contribution in [-0.2, 0) is 4.74 Å². The Bertz CT molecular complexity index is 492. The van der Waals surface area contributed by atoms with E-state index in [1.54, 1.807) is 18.2 Å². The summed E-state index contributed by atoms with van der Waals surface area (Å²) in [7, 11) is 0. The maximum atomic E-state index is 12.0. The fourth-order valence-corrected chi connectivity index (χ4v) is 2.29. The van der Waals surface area contributed by atoms with Crippen molar-refractivity contribution in [2.45, 2.75) is 0 Å². The molecule has 0 aliphatic carbocycles. The molecule has 7 heteroatoms. The average Bonchev–Trinajstić information content (AvgIpc) is 2.95. The molecule has 2 aliphatic rings. The largest absolute Gasteiger partial charge is 1.00 e. The smallest absolute Gasteiger partial charge is 0.251 e. The van der Waals surface area contributed by atoms with Crippen LogP contribution in [0.2, 0.25) is 0 Å². The Labute approximate surface area is 129 Å². The lowest BCUT2D eigenvalue weighted by Gasteiger charge is -2.26. The van der Waals surface area contributed by atoms with E-state index < -0.39 is 0 Å². The van der Waals surface area contributed by atoms with Gasteiger partial charge in [-0.25, -0.2) is 0 Å². The maximum Gasteiger partial charge on any atom is 0.251 e. The number of ether oxygens (including phenoxy) is 3. The zero-order valence-electron chi connectivity index (χ0n) is 11.6. The second-order valence-electron chi connectivity index (χ2n) is 4.78. The summed E-state index contributed by atoms with van der Waals surface area (Å²) in [5.41, 5.74) is 0.594. The van der Waals surface area contributed by atoms with Crippen molar-refractivity contribution in [2.75, 3.05) is 46.2 Å². The third-order valence-corrected chi connectivity index (χ3v) is 3.45. The number of carbonyl (C=O) groups excluding carboxylic acids is 1. The molecule has 1 saturated heterocycles. The highest BCUT2D eigenvalue weighted by Crippen LogP contribution is 2.32. The zero-order chi connectivity index (χ0) is 13.8. The summed E-state index contributed by atoms with van der Waals surface area (Å²) < 4.78 is 15.8. The molecule has 21 heavy (non-hydrogen) atoms. The van der Waals surface area contributed by atoms with Gasteiger partial charge in [-0.3, -0.25) is 9.69 Å². The molecule has 6 nitrogen and oxygen atoms in total. The van der Waals surface area contributed by atoms with Gasteiger partial charge in [-0.05, 0) is 18.2 Å². The second kappa shape index (κ2) is 7.49. The first-order valence-corrected chi connectivity index (χ1v) is 6.81. The van der Waals surface area contributed by atoms with Gasteiger partial charge >= 0.3 is 0 Å². The lowest BCUT2D eigenvalue weighted by atomic mass is 10.2. The average molecular weight is 314 g/mol. The minimum Gasteiger partial charge on any atom is -1.00 e. The molecule has 3 rings (SSSR count). The Morgan fingerprint density at radius 2 is 1.95 bits per heavy atom. The van der Waals surface area contributed by atoms with Crippen LogP contribution in [0, 0.1) is 0 Å². The molecule has 1 N–H and O–H groups in total. The van der Waals surface area contributed by atoms with Gasteiger partial charge in [0, 0.05) is 31.7 Å². The predicted octanol–water partition coefficient (Wildman–Crippen LogP) is -2.52. The molecular formula is C14H18ClN2O4-. The molecule has 1 aromatic carbocycles. The van der Waals surface area contributed by atoms with Gasteiger partial charge < -0.3 is 31.9 Å². The van der Waals surface area contributed by atoms with E-state index in [-0.39, 0.29) is 25.1 Å². The van der Waals surface area contributed by atoms with Crippen LogP contribution in [0.15, 0.2) is 18.2 Å². The number of amides is 1. The minimum absolute atomic E-state index is 0. The molecule has 0 unspecified atom stereocenters. The molecule has 2 aliphatic heterocycles. The number of fused-ring (bicyclic) bond motifs is 1. The number of morpholine rings is 1. The maximum absolute atomic E-state index is 12.0. The normalized spacial score (nSPS) is 17.1. The Hall–Kier alpha value is -1.50. The number of benzene rings is 1. The van der Waals surface area contributed by atoms with E-state index in [0.717, 1.165) is 32.8 Å². The summed E-state index contributed by atoms with van der Waals surface area (Å²) in [4.78, 5) is 14.3. The Kier molecular flexibility index (Phi) is 5.67. The van der Waals surface area contributed by atoms with Crippen LogP contribution in [0.4, 0.5) is 0 Å². The Morgan fingerprint density at radius 1 is 1.19 bits per heavy atom. The van der Waals surface area contributed by atoms with Gasteiger partial charge in [-0.15, -0.1) is 0 Å². The van der Waals surface area contributed by atoms with E-state index in [2.05, 4.69) is 10.2 Å². The third-order valence-electron chi connectivity index (χ3n) is 3.45. The van der Waals surface area contributed by atoms with Gasteiger partial charge in [0.1, 0.15) is 0 Å². The number of halogens is 1. The first kappa shape index (κ1) is 15.9. The highest BCUT2D eigenvalue weighted by Gasteiger charge is 2.16. The van der Waals surface area contributed by atoms with E-state index in [9.17, 15) is 4.79 Å². The van der Waals surface area contributed by atoms with Gasteiger partial charge in [0.25, 0.3) is 5.91 Å².